The van der Waals surface area contributed by atoms with E-state index < -0.39 is 9.84 Å². The molecule has 1 aliphatic rings. The van der Waals surface area contributed by atoms with Gasteiger partial charge in [0, 0.05) is 31.4 Å². The van der Waals surface area contributed by atoms with Crippen molar-refractivity contribution in [1.29, 1.82) is 0 Å². The molecule has 32 heavy (non-hydrogen) atoms. The molecule has 5 rings (SSSR count). The fourth-order valence-corrected chi connectivity index (χ4v) is 5.06. The molecule has 1 aromatic carbocycles. The van der Waals surface area contributed by atoms with Crippen molar-refractivity contribution < 1.29 is 13.2 Å². The van der Waals surface area contributed by atoms with Crippen LogP contribution in [0.3, 0.4) is 0 Å². The minimum atomic E-state index is -3.78. The van der Waals surface area contributed by atoms with E-state index in [1.807, 2.05) is 12.3 Å². The fraction of sp³-hybridized carbons (Fsp3) is 0.333. The van der Waals surface area contributed by atoms with Gasteiger partial charge >= 0.3 is 0 Å². The molecule has 1 saturated heterocycles. The standard InChI is InChI=1S/C21H22N6O4S/c1-25-9-8-19(24-25)32(29,30)17-5-6-18-15(12-17)13-22-27(21(18)28)14-16-7-10-26(23-16)20-4-2-3-11-31-20/h5-10,12-13,20H,2-4,11,14H2,1H3. The van der Waals surface area contributed by atoms with E-state index in [2.05, 4.69) is 15.3 Å². The van der Waals surface area contributed by atoms with Gasteiger partial charge in [-0.3, -0.25) is 9.48 Å². The molecule has 0 saturated carbocycles. The van der Waals surface area contributed by atoms with Gasteiger partial charge in [-0.2, -0.15) is 15.3 Å². The molecule has 0 radical (unpaired) electrons. The lowest BCUT2D eigenvalue weighted by Gasteiger charge is -2.22. The average Bonchev–Trinajstić information content (AvgIpc) is 3.45. The van der Waals surface area contributed by atoms with Crippen LogP contribution in [0.15, 0.2) is 63.6 Å². The Morgan fingerprint density at radius 2 is 2.00 bits per heavy atom. The molecule has 1 fully saturated rings. The molecule has 4 aromatic rings. The first-order valence-electron chi connectivity index (χ1n) is 10.3. The Morgan fingerprint density at radius 3 is 2.75 bits per heavy atom. The molecule has 166 valence electrons. The lowest BCUT2D eigenvalue weighted by Crippen LogP contribution is -2.24. The number of benzene rings is 1. The van der Waals surface area contributed by atoms with Gasteiger partial charge < -0.3 is 4.74 Å². The number of aromatic nitrogens is 6. The maximum Gasteiger partial charge on any atom is 0.274 e. The van der Waals surface area contributed by atoms with E-state index in [1.165, 1.54) is 39.8 Å². The SMILES string of the molecule is Cn1ccc(S(=O)(=O)c2ccc3c(=O)n(Cc4ccn(C5CCCCO5)n4)ncc3c2)n1. The first kappa shape index (κ1) is 20.6. The van der Waals surface area contributed by atoms with E-state index >= 15 is 0 Å². The van der Waals surface area contributed by atoms with Gasteiger partial charge in [0.1, 0.15) is 6.23 Å². The van der Waals surface area contributed by atoms with Crippen LogP contribution in [0, 0.1) is 0 Å². The summed E-state index contributed by atoms with van der Waals surface area (Å²) >= 11 is 0. The van der Waals surface area contributed by atoms with Gasteiger partial charge in [-0.1, -0.05) is 0 Å². The minimum absolute atomic E-state index is 0.0433. The van der Waals surface area contributed by atoms with Gasteiger partial charge in [0.15, 0.2) is 5.03 Å². The molecule has 3 aromatic heterocycles. The average molecular weight is 455 g/mol. The number of rotatable bonds is 5. The van der Waals surface area contributed by atoms with E-state index in [9.17, 15) is 13.2 Å². The van der Waals surface area contributed by atoms with E-state index in [0.717, 1.165) is 25.9 Å². The number of aryl methyl sites for hydroxylation is 1. The highest BCUT2D eigenvalue weighted by atomic mass is 32.2. The smallest absolute Gasteiger partial charge is 0.274 e. The monoisotopic (exact) mass is 454 g/mol. The number of ether oxygens (including phenoxy) is 1. The van der Waals surface area contributed by atoms with E-state index in [4.69, 9.17) is 4.74 Å². The number of sulfone groups is 1. The summed E-state index contributed by atoms with van der Waals surface area (Å²) < 4.78 is 35.9. The molecule has 4 heterocycles. The first-order valence-corrected chi connectivity index (χ1v) is 11.8. The molecule has 1 unspecified atom stereocenters. The topological polar surface area (TPSA) is 114 Å². The second kappa shape index (κ2) is 7.99. The summed E-state index contributed by atoms with van der Waals surface area (Å²) in [5.74, 6) is 0. The zero-order chi connectivity index (χ0) is 22.3. The second-order valence-corrected chi connectivity index (χ2v) is 9.69. The molecule has 1 aliphatic heterocycles. The molecule has 0 aliphatic carbocycles. The number of fused-ring (bicyclic) bond motifs is 1. The van der Waals surface area contributed by atoms with Crippen molar-refractivity contribution in [3.63, 3.8) is 0 Å². The Morgan fingerprint density at radius 1 is 1.12 bits per heavy atom. The van der Waals surface area contributed by atoms with Crippen molar-refractivity contribution in [2.24, 2.45) is 7.05 Å². The zero-order valence-electron chi connectivity index (χ0n) is 17.5. The molecule has 0 amide bonds. The highest BCUT2D eigenvalue weighted by Crippen LogP contribution is 2.23. The van der Waals surface area contributed by atoms with Crippen LogP contribution in [0.25, 0.3) is 10.8 Å². The number of nitrogens with zero attached hydrogens (tertiary/aromatic N) is 6. The number of hydrogen-bond donors (Lipinski definition) is 0. The van der Waals surface area contributed by atoms with Gasteiger partial charge in [-0.15, -0.1) is 0 Å². The Bertz CT molecular complexity index is 1450. The molecular formula is C21H22N6O4S. The van der Waals surface area contributed by atoms with E-state index in [-0.39, 0.29) is 28.3 Å². The van der Waals surface area contributed by atoms with Crippen LogP contribution in [-0.2, 0) is 28.2 Å². The highest BCUT2D eigenvalue weighted by Gasteiger charge is 2.21. The quantitative estimate of drug-likeness (QED) is 0.452. The fourth-order valence-electron chi connectivity index (χ4n) is 3.81. The molecule has 1 atom stereocenters. The molecular weight excluding hydrogens is 432 g/mol. The summed E-state index contributed by atoms with van der Waals surface area (Å²) in [7, 11) is -2.13. The highest BCUT2D eigenvalue weighted by molar-refractivity contribution is 7.91. The Balaban J connectivity index is 1.43. The van der Waals surface area contributed by atoms with Crippen LogP contribution in [-0.4, -0.2) is 44.4 Å². The summed E-state index contributed by atoms with van der Waals surface area (Å²) in [5.41, 5.74) is 0.384. The normalized spacial score (nSPS) is 17.1. The van der Waals surface area contributed by atoms with Crippen LogP contribution < -0.4 is 5.56 Å². The molecule has 0 bridgehead atoms. The third-order valence-corrected chi connectivity index (χ3v) is 7.17. The number of hydrogen-bond acceptors (Lipinski definition) is 7. The Hall–Kier alpha value is -3.31. The van der Waals surface area contributed by atoms with Crippen molar-refractivity contribution in [2.45, 2.75) is 42.0 Å². The third-order valence-electron chi connectivity index (χ3n) is 5.52. The minimum Gasteiger partial charge on any atom is -0.357 e. The maximum atomic E-state index is 13.0. The van der Waals surface area contributed by atoms with Crippen LogP contribution in [0.1, 0.15) is 31.2 Å². The van der Waals surface area contributed by atoms with Crippen molar-refractivity contribution in [1.82, 2.24) is 29.3 Å². The molecule has 11 heteroatoms. The van der Waals surface area contributed by atoms with Crippen molar-refractivity contribution in [2.75, 3.05) is 6.61 Å². The molecule has 0 N–H and O–H groups in total. The largest absolute Gasteiger partial charge is 0.357 e. The summed E-state index contributed by atoms with van der Waals surface area (Å²) in [4.78, 5) is 13.0. The van der Waals surface area contributed by atoms with Gasteiger partial charge in [0.05, 0.1) is 28.7 Å². The second-order valence-electron chi connectivity index (χ2n) is 7.80. The zero-order valence-corrected chi connectivity index (χ0v) is 18.3. The lowest BCUT2D eigenvalue weighted by molar-refractivity contribution is -0.0397. The summed E-state index contributed by atoms with van der Waals surface area (Å²) in [6.07, 6.45) is 7.92. The van der Waals surface area contributed by atoms with Crippen molar-refractivity contribution >= 4 is 20.6 Å². The van der Waals surface area contributed by atoms with Crippen LogP contribution in [0.2, 0.25) is 0 Å². The van der Waals surface area contributed by atoms with E-state index in [1.54, 1.807) is 17.9 Å². The first-order chi connectivity index (χ1) is 15.4. The van der Waals surface area contributed by atoms with Crippen molar-refractivity contribution in [3.05, 3.63) is 65.0 Å². The van der Waals surface area contributed by atoms with Gasteiger partial charge in [0.25, 0.3) is 5.56 Å². The summed E-state index contributed by atoms with van der Waals surface area (Å²) in [6, 6.07) is 7.67. The van der Waals surface area contributed by atoms with Gasteiger partial charge in [-0.05, 0) is 49.6 Å². The Kier molecular flexibility index (Phi) is 5.14. The molecule has 0 spiro atoms. The van der Waals surface area contributed by atoms with Crippen molar-refractivity contribution in [3.8, 4) is 0 Å². The predicted octanol–water partition coefficient (Wildman–Crippen LogP) is 1.91. The maximum absolute atomic E-state index is 13.0. The lowest BCUT2D eigenvalue weighted by atomic mass is 10.2. The van der Waals surface area contributed by atoms with Crippen LogP contribution in [0.5, 0.6) is 0 Å². The third kappa shape index (κ3) is 3.73. The van der Waals surface area contributed by atoms with E-state index in [0.29, 0.717) is 16.5 Å². The predicted molar refractivity (Wildman–Crippen MR) is 115 cm³/mol. The van der Waals surface area contributed by atoms with Gasteiger partial charge in [-0.25, -0.2) is 17.8 Å². The van der Waals surface area contributed by atoms with Gasteiger partial charge in [0.2, 0.25) is 9.84 Å². The summed E-state index contributed by atoms with van der Waals surface area (Å²) in [6.45, 7) is 0.937. The van der Waals surface area contributed by atoms with Crippen LogP contribution >= 0.6 is 0 Å². The Labute approximate surface area is 184 Å². The molecule has 10 nitrogen and oxygen atoms in total. The van der Waals surface area contributed by atoms with Crippen LogP contribution in [0.4, 0.5) is 0 Å². The summed E-state index contributed by atoms with van der Waals surface area (Å²) in [5, 5.41) is 13.5.